The highest BCUT2D eigenvalue weighted by Gasteiger charge is 2.20. The second-order valence-corrected chi connectivity index (χ2v) is 6.21. The zero-order valence-corrected chi connectivity index (χ0v) is 9.87. The lowest BCUT2D eigenvalue weighted by atomic mass is 10.1. The van der Waals surface area contributed by atoms with E-state index in [-0.39, 0.29) is 16.7 Å². The number of rotatable bonds is 4. The van der Waals surface area contributed by atoms with E-state index in [2.05, 4.69) is 0 Å². The average molecular weight is 244 g/mol. The molecule has 5 heteroatoms. The molecule has 0 N–H and O–H groups in total. The number of benzene rings is 1. The van der Waals surface area contributed by atoms with Crippen molar-refractivity contribution in [3.8, 4) is 0 Å². The van der Waals surface area contributed by atoms with Crippen molar-refractivity contribution in [3.05, 3.63) is 29.8 Å². The van der Waals surface area contributed by atoms with E-state index in [1.165, 1.54) is 24.3 Å². The third-order valence-corrected chi connectivity index (χ3v) is 4.40. The lowest BCUT2D eigenvalue weighted by Crippen LogP contribution is -2.14. The van der Waals surface area contributed by atoms with Crippen molar-refractivity contribution >= 4 is 16.1 Å². The van der Waals surface area contributed by atoms with Gasteiger partial charge >= 0.3 is 0 Å². The molecule has 0 heterocycles. The second-order valence-electron chi connectivity index (χ2n) is 3.70. The van der Waals surface area contributed by atoms with Crippen LogP contribution >= 0.6 is 0 Å². The van der Waals surface area contributed by atoms with Crippen molar-refractivity contribution in [2.45, 2.75) is 30.2 Å². The fourth-order valence-electron chi connectivity index (χ4n) is 1.21. The van der Waals surface area contributed by atoms with Crippen LogP contribution in [0.5, 0.6) is 0 Å². The minimum Gasteiger partial charge on any atom is -0.300 e. The Balaban J connectivity index is 3.23. The minimum absolute atomic E-state index is 0.0458. The summed E-state index contributed by atoms with van der Waals surface area (Å²) < 4.78 is 36.6. The van der Waals surface area contributed by atoms with Crippen LogP contribution in [0.3, 0.4) is 0 Å². The number of carbonyl (C=O) groups excluding carboxylic acids is 1. The molecule has 0 saturated heterocycles. The summed E-state index contributed by atoms with van der Waals surface area (Å²) in [6.45, 7) is 3.10. The molecular formula is C11H13FO3S. The van der Waals surface area contributed by atoms with Crippen LogP contribution in [0.2, 0.25) is 0 Å². The normalized spacial score (nSPS) is 13.8. The summed E-state index contributed by atoms with van der Waals surface area (Å²) in [6, 6.07) is 5.42. The maximum Gasteiger partial charge on any atom is 0.180 e. The van der Waals surface area contributed by atoms with Crippen molar-refractivity contribution in [1.82, 2.24) is 0 Å². The molecule has 1 atom stereocenters. The van der Waals surface area contributed by atoms with Gasteiger partial charge in [-0.1, -0.05) is 12.1 Å². The van der Waals surface area contributed by atoms with E-state index in [9.17, 15) is 17.6 Å². The Labute approximate surface area is 94.2 Å². The zero-order valence-electron chi connectivity index (χ0n) is 9.05. The largest absolute Gasteiger partial charge is 0.300 e. The predicted octanol–water partition coefficient (Wildman–Crippen LogP) is 2.08. The first-order valence-corrected chi connectivity index (χ1v) is 6.37. The Morgan fingerprint density at radius 2 is 1.94 bits per heavy atom. The highest BCUT2D eigenvalue weighted by atomic mass is 32.2. The van der Waals surface area contributed by atoms with E-state index in [0.717, 1.165) is 0 Å². The number of halogens is 1. The van der Waals surface area contributed by atoms with Crippen molar-refractivity contribution in [3.63, 3.8) is 0 Å². The number of alkyl halides is 1. The van der Waals surface area contributed by atoms with Crippen molar-refractivity contribution in [1.29, 1.82) is 0 Å². The third-order valence-electron chi connectivity index (χ3n) is 2.25. The van der Waals surface area contributed by atoms with Gasteiger partial charge in [0.1, 0.15) is 0 Å². The van der Waals surface area contributed by atoms with Crippen LogP contribution in [0, 0.1) is 0 Å². The first-order chi connectivity index (χ1) is 7.39. The summed E-state index contributed by atoms with van der Waals surface area (Å²) in [4.78, 5) is 10.3. The first kappa shape index (κ1) is 12.8. The second kappa shape index (κ2) is 4.74. The molecule has 0 fully saturated rings. The van der Waals surface area contributed by atoms with E-state index < -0.39 is 21.3 Å². The zero-order chi connectivity index (χ0) is 12.3. The molecule has 1 aromatic rings. The van der Waals surface area contributed by atoms with E-state index in [0.29, 0.717) is 0 Å². The molecular weight excluding hydrogens is 231 g/mol. The monoisotopic (exact) mass is 244 g/mol. The van der Waals surface area contributed by atoms with Gasteiger partial charge in [-0.25, -0.2) is 12.8 Å². The molecule has 0 bridgehead atoms. The maximum absolute atomic E-state index is 13.1. The molecule has 0 aliphatic rings. The van der Waals surface area contributed by atoms with Crippen LogP contribution in [0.1, 0.15) is 25.6 Å². The van der Waals surface area contributed by atoms with Crippen molar-refractivity contribution in [2.75, 3.05) is 0 Å². The molecule has 1 rings (SSSR count). The van der Waals surface area contributed by atoms with Crippen LogP contribution < -0.4 is 0 Å². The topological polar surface area (TPSA) is 51.2 Å². The molecule has 0 saturated carbocycles. The highest BCUT2D eigenvalue weighted by Crippen LogP contribution is 2.21. The van der Waals surface area contributed by atoms with Gasteiger partial charge in [-0.2, -0.15) is 0 Å². The van der Waals surface area contributed by atoms with Crippen LogP contribution in [0.25, 0.3) is 0 Å². The summed E-state index contributed by atoms with van der Waals surface area (Å²) in [7, 11) is -3.42. The molecule has 1 unspecified atom stereocenters. The van der Waals surface area contributed by atoms with Gasteiger partial charge in [0.2, 0.25) is 0 Å². The average Bonchev–Trinajstić information content (AvgIpc) is 2.28. The number of hydrogen-bond donors (Lipinski definition) is 0. The lowest BCUT2D eigenvalue weighted by Gasteiger charge is -2.09. The van der Waals surface area contributed by atoms with Gasteiger partial charge in [-0.3, -0.25) is 4.79 Å². The van der Waals surface area contributed by atoms with Gasteiger partial charge in [0.05, 0.1) is 10.1 Å². The summed E-state index contributed by atoms with van der Waals surface area (Å²) in [6.07, 6.45) is -1.64. The summed E-state index contributed by atoms with van der Waals surface area (Å²) >= 11 is 0. The van der Waals surface area contributed by atoms with E-state index in [1.54, 1.807) is 13.8 Å². The van der Waals surface area contributed by atoms with Gasteiger partial charge in [0.25, 0.3) is 0 Å². The van der Waals surface area contributed by atoms with Crippen molar-refractivity contribution < 1.29 is 17.6 Å². The van der Waals surface area contributed by atoms with Gasteiger partial charge in [-0.05, 0) is 31.5 Å². The number of sulfone groups is 1. The van der Waals surface area contributed by atoms with E-state index >= 15 is 0 Å². The maximum atomic E-state index is 13.1. The summed E-state index contributed by atoms with van der Waals surface area (Å²) in [5.41, 5.74) is 0.0664. The summed E-state index contributed by atoms with van der Waals surface area (Å²) in [5, 5.41) is -0.572. The summed E-state index contributed by atoms with van der Waals surface area (Å²) in [5.74, 6) is 0. The predicted molar refractivity (Wildman–Crippen MR) is 58.7 cm³/mol. The SMILES string of the molecule is CC(C)S(=O)(=O)c1cccc(C(F)C=O)c1. The molecule has 0 aromatic heterocycles. The first-order valence-electron chi connectivity index (χ1n) is 4.83. The number of aldehydes is 1. The highest BCUT2D eigenvalue weighted by molar-refractivity contribution is 7.92. The van der Waals surface area contributed by atoms with Crippen LogP contribution in [-0.4, -0.2) is 20.0 Å². The molecule has 0 aliphatic heterocycles. The molecule has 0 radical (unpaired) electrons. The van der Waals surface area contributed by atoms with Gasteiger partial charge in [0, 0.05) is 0 Å². The quantitative estimate of drug-likeness (QED) is 0.762. The molecule has 16 heavy (non-hydrogen) atoms. The van der Waals surface area contributed by atoms with Crippen LogP contribution in [0.4, 0.5) is 4.39 Å². The lowest BCUT2D eigenvalue weighted by molar-refractivity contribution is -0.112. The van der Waals surface area contributed by atoms with Crippen LogP contribution in [-0.2, 0) is 14.6 Å². The Kier molecular flexibility index (Phi) is 3.80. The standard InChI is InChI=1S/C11H13FO3S/c1-8(2)16(14,15)10-5-3-4-9(6-10)11(12)7-13/h3-8,11H,1-2H3. The minimum atomic E-state index is -3.42. The third kappa shape index (κ3) is 2.47. The Hall–Kier alpha value is -1.23. The van der Waals surface area contributed by atoms with Gasteiger partial charge in [-0.15, -0.1) is 0 Å². The van der Waals surface area contributed by atoms with Crippen LogP contribution in [0.15, 0.2) is 29.2 Å². The number of hydrogen-bond acceptors (Lipinski definition) is 3. The Morgan fingerprint density at radius 3 is 2.44 bits per heavy atom. The molecule has 0 aliphatic carbocycles. The van der Waals surface area contributed by atoms with E-state index in [1.807, 2.05) is 0 Å². The molecule has 88 valence electrons. The van der Waals surface area contributed by atoms with Gasteiger partial charge < -0.3 is 0 Å². The fraction of sp³-hybridized carbons (Fsp3) is 0.364. The molecule has 3 nitrogen and oxygen atoms in total. The molecule has 0 amide bonds. The van der Waals surface area contributed by atoms with Crippen molar-refractivity contribution in [2.24, 2.45) is 0 Å². The smallest absolute Gasteiger partial charge is 0.180 e. The molecule has 0 spiro atoms. The Morgan fingerprint density at radius 1 is 1.31 bits per heavy atom. The number of carbonyl (C=O) groups is 1. The Bertz CT molecular complexity index is 480. The fourth-order valence-corrected chi connectivity index (χ4v) is 2.33. The molecule has 1 aromatic carbocycles. The van der Waals surface area contributed by atoms with E-state index in [4.69, 9.17) is 0 Å². The van der Waals surface area contributed by atoms with Gasteiger partial charge in [0.15, 0.2) is 22.3 Å².